The molecule has 0 fully saturated rings. The van der Waals surface area contributed by atoms with E-state index in [1.807, 2.05) is 18.2 Å². The van der Waals surface area contributed by atoms with Crippen LogP contribution in [0.1, 0.15) is 5.69 Å². The number of hydrogen-bond donors (Lipinski definition) is 3. The van der Waals surface area contributed by atoms with Gasteiger partial charge in [-0.05, 0) is 12.1 Å². The Morgan fingerprint density at radius 1 is 1.50 bits per heavy atom. The first-order valence-corrected chi connectivity index (χ1v) is 5.80. The molecule has 0 aliphatic carbocycles. The molecular formula is C7H10FeN4O4S2. The molecule has 1 aromatic rings. The minimum Gasteiger partial charge on any atom is -0.515 e. The van der Waals surface area contributed by atoms with Crippen LogP contribution in [0.25, 0.3) is 5.43 Å². The summed E-state index contributed by atoms with van der Waals surface area (Å²) >= 11 is 3.74. The number of thiol groups is 1. The van der Waals surface area contributed by atoms with Gasteiger partial charge in [-0.15, -0.1) is 0 Å². The number of nitrogens with zero attached hydrogens (tertiary/aromatic N) is 3. The van der Waals surface area contributed by atoms with E-state index < -0.39 is 10.4 Å². The molecule has 0 radical (unpaired) electrons. The Hall–Kier alpha value is -0.941. The van der Waals surface area contributed by atoms with Crippen molar-refractivity contribution in [1.82, 2.24) is 4.98 Å². The van der Waals surface area contributed by atoms with Gasteiger partial charge in [-0.1, -0.05) is 6.07 Å². The van der Waals surface area contributed by atoms with Gasteiger partial charge in [-0.2, -0.15) is 8.42 Å². The zero-order chi connectivity index (χ0) is 13.3. The summed E-state index contributed by atoms with van der Waals surface area (Å²) in [6, 6.07) is 5.50. The molecule has 0 atom stereocenters. The molecule has 0 spiro atoms. The third-order valence-corrected chi connectivity index (χ3v) is 1.13. The van der Waals surface area contributed by atoms with Crippen molar-refractivity contribution in [2.75, 3.05) is 0 Å². The molecule has 4 N–H and O–H groups in total. The number of pyridine rings is 1. The van der Waals surface area contributed by atoms with E-state index in [-0.39, 0.29) is 22.2 Å². The van der Waals surface area contributed by atoms with Gasteiger partial charge in [0.1, 0.15) is 0 Å². The average Bonchev–Trinajstić information content (AvgIpc) is 2.16. The van der Waals surface area contributed by atoms with Crippen LogP contribution in [-0.2, 0) is 39.7 Å². The molecule has 0 unspecified atom stereocenters. The van der Waals surface area contributed by atoms with Crippen LogP contribution >= 0.6 is 0 Å². The summed E-state index contributed by atoms with van der Waals surface area (Å²) in [5.41, 5.74) is 9.38. The van der Waals surface area contributed by atoms with Gasteiger partial charge in [-0.3, -0.25) is 19.8 Å². The maximum Gasteiger partial charge on any atom is 0.394 e. The van der Waals surface area contributed by atoms with Gasteiger partial charge in [0.2, 0.25) is 0 Å². The Balaban J connectivity index is 0. The Labute approximate surface area is 120 Å². The number of aromatic nitrogens is 1. The first kappa shape index (κ1) is 19.4. The van der Waals surface area contributed by atoms with E-state index in [1.54, 1.807) is 6.20 Å². The zero-order valence-electron chi connectivity index (χ0n) is 8.73. The molecule has 8 nitrogen and oxygen atoms in total. The molecule has 1 heterocycles. The van der Waals surface area contributed by atoms with Crippen LogP contribution in [0.5, 0.6) is 0 Å². The molecule has 0 amide bonds. The fourth-order valence-corrected chi connectivity index (χ4v) is 0.651. The van der Waals surface area contributed by atoms with Crippen molar-refractivity contribution >= 4 is 33.9 Å². The van der Waals surface area contributed by atoms with Crippen molar-refractivity contribution in [3.63, 3.8) is 0 Å². The second kappa shape index (κ2) is 10.0. The zero-order valence-corrected chi connectivity index (χ0v) is 11.5. The molecule has 0 aliphatic rings. The Morgan fingerprint density at radius 3 is 2.44 bits per heavy atom. The van der Waals surface area contributed by atoms with Crippen LogP contribution in [0, 0.1) is 0 Å². The van der Waals surface area contributed by atoms with Crippen LogP contribution in [0.3, 0.4) is 0 Å². The number of rotatable bonds is 2. The Bertz CT molecular complexity index is 471. The largest absolute Gasteiger partial charge is 0.515 e. The van der Waals surface area contributed by atoms with Gasteiger partial charge < -0.3 is 10.5 Å². The third kappa shape index (κ3) is 17.5. The first-order valence-electron chi connectivity index (χ1n) is 3.95. The van der Waals surface area contributed by atoms with Gasteiger partial charge in [0.25, 0.3) is 0 Å². The normalized spacial score (nSPS) is 9.94. The van der Waals surface area contributed by atoms with Gasteiger partial charge in [0, 0.05) is 29.5 Å². The minimum atomic E-state index is -4.67. The quantitative estimate of drug-likeness (QED) is 0.126. The summed E-state index contributed by atoms with van der Waals surface area (Å²) in [7, 11) is -4.67. The molecule has 1 aromatic heterocycles. The molecule has 0 saturated carbocycles. The monoisotopic (exact) mass is 334 g/mol. The van der Waals surface area contributed by atoms with Crippen molar-refractivity contribution in [2.45, 2.75) is 0 Å². The van der Waals surface area contributed by atoms with Crippen molar-refractivity contribution in [1.29, 1.82) is 0 Å². The van der Waals surface area contributed by atoms with Crippen LogP contribution < -0.4 is 5.73 Å². The predicted molar refractivity (Wildman–Crippen MR) is 67.3 cm³/mol. The van der Waals surface area contributed by atoms with Crippen LogP contribution in [0.15, 0.2) is 29.5 Å². The fraction of sp³-hybridized carbons (Fsp3) is 0. The first-order chi connectivity index (χ1) is 7.79. The Kier molecular flexibility index (Phi) is 10.8. The maximum atomic E-state index is 8.74. The summed E-state index contributed by atoms with van der Waals surface area (Å²) in [6.45, 7) is 0. The number of nitrogens with two attached hydrogens (primary N) is 1. The maximum absolute atomic E-state index is 8.74. The minimum absolute atomic E-state index is 0. The van der Waals surface area contributed by atoms with Crippen LogP contribution in [-0.4, -0.2) is 33.8 Å². The van der Waals surface area contributed by atoms with Gasteiger partial charge in [0.15, 0.2) is 17.3 Å². The predicted octanol–water partition coefficient (Wildman–Crippen LogP) is -0.541. The van der Waals surface area contributed by atoms with Gasteiger partial charge >= 0.3 is 10.4 Å². The van der Waals surface area contributed by atoms with Crippen molar-refractivity contribution in [2.24, 2.45) is 10.8 Å². The van der Waals surface area contributed by atoms with E-state index in [9.17, 15) is 0 Å². The molecule has 11 heteroatoms. The molecule has 0 aromatic carbocycles. The van der Waals surface area contributed by atoms with E-state index >= 15 is 0 Å². The van der Waals surface area contributed by atoms with Crippen LogP contribution in [0.4, 0.5) is 0 Å². The molecule has 102 valence electrons. The Morgan fingerprint density at radius 2 is 2.06 bits per heavy atom. The molecule has 0 saturated heterocycles. The van der Waals surface area contributed by atoms with E-state index in [0.29, 0.717) is 0 Å². The summed E-state index contributed by atoms with van der Waals surface area (Å²) in [4.78, 5) is 3.99. The van der Waals surface area contributed by atoms with E-state index in [4.69, 9.17) is 23.3 Å². The summed E-state index contributed by atoms with van der Waals surface area (Å²) in [6.07, 6.45) is 3.18. The van der Waals surface area contributed by atoms with E-state index in [1.165, 1.54) is 6.21 Å². The van der Waals surface area contributed by atoms with Crippen molar-refractivity contribution in [3.8, 4) is 0 Å². The van der Waals surface area contributed by atoms with Crippen LogP contribution in [0.2, 0.25) is 0 Å². The van der Waals surface area contributed by atoms with E-state index in [2.05, 4.69) is 27.7 Å². The summed E-state index contributed by atoms with van der Waals surface area (Å²) < 4.78 is 31.6. The second-order valence-corrected chi connectivity index (χ2v) is 3.76. The summed E-state index contributed by atoms with van der Waals surface area (Å²) in [5, 5.41) is 3.77. The smallest absolute Gasteiger partial charge is 0.394 e. The molecule has 18 heavy (non-hydrogen) atoms. The third-order valence-electron chi connectivity index (χ3n) is 1.04. The molecule has 0 aliphatic heterocycles. The topological polar surface area (TPSA) is 140 Å². The van der Waals surface area contributed by atoms with Gasteiger partial charge in [0.05, 0.1) is 5.69 Å². The van der Waals surface area contributed by atoms with E-state index in [0.717, 1.165) is 5.69 Å². The van der Waals surface area contributed by atoms with Gasteiger partial charge in [-0.25, -0.2) is 0 Å². The molecule has 1 rings (SSSR count). The number of hydrogen-bond acceptors (Lipinski definition) is 4. The SMILES string of the molecule is NC(=[SH+])[N-]/N=C/c1ccccn1.O=S(=O)(O)O.[Fe]. The molecular weight excluding hydrogens is 324 g/mol. The standard InChI is InChI=1S/C7H8N4S.Fe.H2O4S/c8-7(12)11-10-5-6-3-1-2-4-9-6;;1-5(2,3)4/h1-5H,(H3,8,9,11,12);;(H2,1,2,3,4). The van der Waals surface area contributed by atoms with Crippen molar-refractivity contribution in [3.05, 3.63) is 35.5 Å². The second-order valence-electron chi connectivity index (χ2n) is 2.41. The molecule has 0 bridgehead atoms. The fourth-order valence-electron chi connectivity index (χ4n) is 0.600. The van der Waals surface area contributed by atoms with Crippen molar-refractivity contribution < 1.29 is 34.6 Å². The summed E-state index contributed by atoms with van der Waals surface area (Å²) in [5.74, 6) is 0. The average molecular weight is 334 g/mol.